The zero-order chi connectivity index (χ0) is 21.3. The van der Waals surface area contributed by atoms with Crippen LogP contribution in [0, 0.1) is 13.8 Å². The zero-order valence-electron chi connectivity index (χ0n) is 17.3. The SMILES string of the molecule is Cc1ccc(-c2c(C)sc3nc(CSc4nnnn4CCN(C)C)[nH]c(=O)c23)cc1. The van der Waals surface area contributed by atoms with E-state index in [0.717, 1.165) is 27.4 Å². The number of rotatable bonds is 7. The monoisotopic (exact) mass is 441 g/mol. The van der Waals surface area contributed by atoms with Crippen molar-refractivity contribution in [3.05, 3.63) is 50.9 Å². The number of aromatic nitrogens is 6. The maximum absolute atomic E-state index is 12.9. The summed E-state index contributed by atoms with van der Waals surface area (Å²) in [5.41, 5.74) is 3.09. The van der Waals surface area contributed by atoms with Crippen molar-refractivity contribution in [1.82, 2.24) is 35.1 Å². The van der Waals surface area contributed by atoms with Crippen LogP contribution in [-0.4, -0.2) is 55.7 Å². The molecule has 0 radical (unpaired) electrons. The molecule has 0 saturated carbocycles. The van der Waals surface area contributed by atoms with Crippen LogP contribution in [0.2, 0.25) is 0 Å². The Morgan fingerprint density at radius 1 is 1.20 bits per heavy atom. The predicted octanol–water partition coefficient (Wildman–Crippen LogP) is 3.11. The molecule has 3 aromatic heterocycles. The summed E-state index contributed by atoms with van der Waals surface area (Å²) in [4.78, 5) is 24.5. The Balaban J connectivity index is 1.60. The van der Waals surface area contributed by atoms with Crippen LogP contribution in [0.15, 0.2) is 34.2 Å². The van der Waals surface area contributed by atoms with Gasteiger partial charge in [-0.25, -0.2) is 9.67 Å². The second kappa shape index (κ2) is 8.66. The Kier molecular flexibility index (Phi) is 5.98. The number of thiophene rings is 1. The average molecular weight is 442 g/mol. The van der Waals surface area contributed by atoms with Gasteiger partial charge in [0.25, 0.3) is 5.56 Å². The van der Waals surface area contributed by atoms with Crippen molar-refractivity contribution in [2.75, 3.05) is 20.6 Å². The number of nitrogens with zero attached hydrogens (tertiary/aromatic N) is 6. The van der Waals surface area contributed by atoms with E-state index in [9.17, 15) is 4.79 Å². The van der Waals surface area contributed by atoms with Gasteiger partial charge in [0.1, 0.15) is 10.7 Å². The van der Waals surface area contributed by atoms with Crippen LogP contribution >= 0.6 is 23.1 Å². The molecule has 0 amide bonds. The van der Waals surface area contributed by atoms with Crippen molar-refractivity contribution in [3.63, 3.8) is 0 Å². The van der Waals surface area contributed by atoms with Crippen LogP contribution in [0.5, 0.6) is 0 Å². The van der Waals surface area contributed by atoms with Crippen LogP contribution in [-0.2, 0) is 12.3 Å². The molecule has 8 nitrogen and oxygen atoms in total. The lowest BCUT2D eigenvalue weighted by atomic mass is 10.0. The molecule has 0 aliphatic heterocycles. The molecular formula is C20H23N7OS2. The number of tetrazole rings is 1. The normalized spacial score (nSPS) is 11.6. The summed E-state index contributed by atoms with van der Waals surface area (Å²) in [5.74, 6) is 1.11. The van der Waals surface area contributed by atoms with Crippen molar-refractivity contribution in [3.8, 4) is 11.1 Å². The third kappa shape index (κ3) is 4.30. The van der Waals surface area contributed by atoms with E-state index in [-0.39, 0.29) is 5.56 Å². The van der Waals surface area contributed by atoms with Gasteiger partial charge in [0.15, 0.2) is 0 Å². The van der Waals surface area contributed by atoms with E-state index in [1.807, 2.05) is 21.0 Å². The first kappa shape index (κ1) is 20.7. The summed E-state index contributed by atoms with van der Waals surface area (Å²) >= 11 is 3.02. The quantitative estimate of drug-likeness (QED) is 0.441. The molecule has 3 heterocycles. The maximum atomic E-state index is 12.9. The standard InChI is InChI=1S/C20H23N7OS2/c1-12-5-7-14(8-6-12)16-13(2)30-19-17(16)18(28)21-15(22-19)11-29-20-23-24-25-27(20)10-9-26(3)4/h5-8H,9-11H2,1-4H3,(H,21,22,28). The zero-order valence-corrected chi connectivity index (χ0v) is 19.0. The van der Waals surface area contributed by atoms with Gasteiger partial charge in [0, 0.05) is 17.0 Å². The van der Waals surface area contributed by atoms with Gasteiger partial charge < -0.3 is 9.88 Å². The van der Waals surface area contributed by atoms with E-state index in [2.05, 4.69) is 56.6 Å². The van der Waals surface area contributed by atoms with Crippen LogP contribution in [0.25, 0.3) is 21.3 Å². The molecule has 0 fully saturated rings. The van der Waals surface area contributed by atoms with Crippen molar-refractivity contribution < 1.29 is 0 Å². The Morgan fingerprint density at radius 2 is 1.97 bits per heavy atom. The molecular weight excluding hydrogens is 418 g/mol. The van der Waals surface area contributed by atoms with Gasteiger partial charge in [-0.3, -0.25) is 4.79 Å². The summed E-state index contributed by atoms with van der Waals surface area (Å²) in [6.07, 6.45) is 0. The highest BCUT2D eigenvalue weighted by Gasteiger charge is 2.17. The fraction of sp³-hybridized carbons (Fsp3) is 0.350. The smallest absolute Gasteiger partial charge is 0.260 e. The van der Waals surface area contributed by atoms with E-state index in [1.165, 1.54) is 17.3 Å². The number of fused-ring (bicyclic) bond motifs is 1. The predicted molar refractivity (Wildman–Crippen MR) is 121 cm³/mol. The van der Waals surface area contributed by atoms with Gasteiger partial charge >= 0.3 is 0 Å². The summed E-state index contributed by atoms with van der Waals surface area (Å²) in [6, 6.07) is 8.23. The largest absolute Gasteiger partial charge is 0.309 e. The minimum atomic E-state index is -0.109. The number of H-pyrrole nitrogens is 1. The molecule has 10 heteroatoms. The molecule has 0 atom stereocenters. The summed E-state index contributed by atoms with van der Waals surface area (Å²) in [7, 11) is 4.02. The highest BCUT2D eigenvalue weighted by atomic mass is 32.2. The van der Waals surface area contributed by atoms with Gasteiger partial charge in [0.2, 0.25) is 5.16 Å². The Hall–Kier alpha value is -2.56. The molecule has 1 aromatic carbocycles. The van der Waals surface area contributed by atoms with E-state index in [1.54, 1.807) is 16.0 Å². The highest BCUT2D eigenvalue weighted by molar-refractivity contribution is 7.98. The lowest BCUT2D eigenvalue weighted by Gasteiger charge is -2.09. The number of aryl methyl sites for hydroxylation is 2. The lowest BCUT2D eigenvalue weighted by Crippen LogP contribution is -2.19. The van der Waals surface area contributed by atoms with Crippen molar-refractivity contribution in [1.29, 1.82) is 0 Å². The van der Waals surface area contributed by atoms with Gasteiger partial charge in [-0.15, -0.1) is 16.4 Å². The van der Waals surface area contributed by atoms with Crippen LogP contribution < -0.4 is 5.56 Å². The van der Waals surface area contributed by atoms with Crippen LogP contribution in [0.4, 0.5) is 0 Å². The molecule has 4 aromatic rings. The third-order valence-corrected chi connectivity index (χ3v) is 6.69. The first-order valence-electron chi connectivity index (χ1n) is 9.55. The van der Waals surface area contributed by atoms with Gasteiger partial charge in [-0.05, 0) is 43.9 Å². The lowest BCUT2D eigenvalue weighted by molar-refractivity contribution is 0.361. The summed E-state index contributed by atoms with van der Waals surface area (Å²) in [5, 5.41) is 13.3. The van der Waals surface area contributed by atoms with Gasteiger partial charge in [-0.2, -0.15) is 0 Å². The number of likely N-dealkylation sites (N-methyl/N-ethyl adjacent to an activating group) is 1. The second-order valence-corrected chi connectivity index (χ2v) is 9.51. The molecule has 30 heavy (non-hydrogen) atoms. The molecule has 1 N–H and O–H groups in total. The summed E-state index contributed by atoms with van der Waals surface area (Å²) < 4.78 is 1.77. The van der Waals surface area contributed by atoms with E-state index >= 15 is 0 Å². The van der Waals surface area contributed by atoms with Crippen molar-refractivity contribution in [2.45, 2.75) is 31.3 Å². The van der Waals surface area contributed by atoms with E-state index < -0.39 is 0 Å². The van der Waals surface area contributed by atoms with Crippen LogP contribution in [0.3, 0.4) is 0 Å². The van der Waals surface area contributed by atoms with Gasteiger partial charge in [-0.1, -0.05) is 41.6 Å². The minimum absolute atomic E-state index is 0.109. The molecule has 0 aliphatic carbocycles. The first-order chi connectivity index (χ1) is 14.4. The molecule has 4 rings (SSSR count). The second-order valence-electron chi connectivity index (χ2n) is 7.37. The number of benzene rings is 1. The van der Waals surface area contributed by atoms with Crippen molar-refractivity contribution in [2.24, 2.45) is 0 Å². The topological polar surface area (TPSA) is 92.6 Å². The highest BCUT2D eigenvalue weighted by Crippen LogP contribution is 2.35. The molecule has 0 unspecified atom stereocenters. The average Bonchev–Trinajstić information content (AvgIpc) is 3.29. The van der Waals surface area contributed by atoms with E-state index in [4.69, 9.17) is 4.98 Å². The number of thioether (sulfide) groups is 1. The maximum Gasteiger partial charge on any atom is 0.260 e. The number of aromatic amines is 1. The Bertz CT molecular complexity index is 1220. The molecule has 156 valence electrons. The minimum Gasteiger partial charge on any atom is -0.309 e. The molecule has 0 saturated heterocycles. The molecule has 0 aliphatic rings. The third-order valence-electron chi connectivity index (χ3n) is 4.72. The van der Waals surface area contributed by atoms with Gasteiger partial charge in [0.05, 0.1) is 17.7 Å². The number of hydrogen-bond donors (Lipinski definition) is 1. The number of nitrogens with one attached hydrogen (secondary N) is 1. The summed E-state index contributed by atoms with van der Waals surface area (Å²) in [6.45, 7) is 5.64. The molecule has 0 spiro atoms. The van der Waals surface area contributed by atoms with E-state index in [0.29, 0.717) is 28.7 Å². The fourth-order valence-electron chi connectivity index (χ4n) is 3.17. The first-order valence-corrected chi connectivity index (χ1v) is 11.4. The number of hydrogen-bond acceptors (Lipinski definition) is 8. The Labute approximate surface area is 182 Å². The molecule has 0 bridgehead atoms. The Morgan fingerprint density at radius 3 is 2.70 bits per heavy atom. The fourth-order valence-corrected chi connectivity index (χ4v) is 5.01. The van der Waals surface area contributed by atoms with Crippen LogP contribution in [0.1, 0.15) is 16.3 Å². The van der Waals surface area contributed by atoms with Crippen molar-refractivity contribution >= 4 is 33.3 Å².